The van der Waals surface area contributed by atoms with Crippen molar-refractivity contribution in [2.24, 2.45) is 11.8 Å². The van der Waals surface area contributed by atoms with Crippen molar-refractivity contribution >= 4 is 15.9 Å². The molecule has 2 aliphatic heterocycles. The number of carbonyl (C=O) groups excluding carboxylic acids is 1. The molecule has 2 saturated heterocycles. The first-order valence-corrected chi connectivity index (χ1v) is 11.9. The number of hydrogen-bond acceptors (Lipinski definition) is 4. The summed E-state index contributed by atoms with van der Waals surface area (Å²) >= 11 is 0. The Labute approximate surface area is 169 Å². The zero-order valence-corrected chi connectivity index (χ0v) is 18.1. The summed E-state index contributed by atoms with van der Waals surface area (Å²) in [4.78, 5) is 17.1. The monoisotopic (exact) mass is 407 g/mol. The summed E-state index contributed by atoms with van der Waals surface area (Å²) in [7, 11) is -3.33. The predicted molar refractivity (Wildman–Crippen MR) is 111 cm³/mol. The second-order valence-electron chi connectivity index (χ2n) is 8.54. The maximum Gasteiger partial charge on any atom is 0.239 e. The molecule has 1 aromatic carbocycles. The Kier molecular flexibility index (Phi) is 6.78. The van der Waals surface area contributed by atoms with Crippen LogP contribution in [0.5, 0.6) is 0 Å². The van der Waals surface area contributed by atoms with Gasteiger partial charge in [-0.25, -0.2) is 8.42 Å². The Morgan fingerprint density at radius 3 is 2.18 bits per heavy atom. The number of piperazine rings is 1. The van der Waals surface area contributed by atoms with Crippen molar-refractivity contribution in [2.45, 2.75) is 39.0 Å². The van der Waals surface area contributed by atoms with Crippen LogP contribution in [0.1, 0.15) is 32.8 Å². The van der Waals surface area contributed by atoms with E-state index in [9.17, 15) is 13.2 Å². The molecular formula is C21H33N3O3S. The molecule has 1 aromatic rings. The molecule has 7 heteroatoms. The molecule has 2 heterocycles. The Bertz CT molecular complexity index is 750. The topological polar surface area (TPSA) is 60.9 Å². The molecular weight excluding hydrogens is 374 g/mol. The summed E-state index contributed by atoms with van der Waals surface area (Å²) in [6, 6.07) is 9.09. The maximum atomic E-state index is 13.0. The zero-order chi connectivity index (χ0) is 20.3. The van der Waals surface area contributed by atoms with Gasteiger partial charge in [0, 0.05) is 39.3 Å². The number of sulfonamides is 1. The average Bonchev–Trinajstić information content (AvgIpc) is 2.66. The van der Waals surface area contributed by atoms with E-state index < -0.39 is 10.0 Å². The molecule has 0 aromatic heterocycles. The normalized spacial score (nSPS) is 26.2. The first-order chi connectivity index (χ1) is 13.3. The number of rotatable bonds is 5. The van der Waals surface area contributed by atoms with Crippen LogP contribution in [0.4, 0.5) is 0 Å². The van der Waals surface area contributed by atoms with E-state index in [4.69, 9.17) is 0 Å². The summed E-state index contributed by atoms with van der Waals surface area (Å²) in [5.41, 5.74) is 0.807. The predicted octanol–water partition coefficient (Wildman–Crippen LogP) is 2.03. The number of piperidine rings is 1. The molecule has 0 spiro atoms. The molecule has 0 aliphatic carbocycles. The van der Waals surface area contributed by atoms with E-state index in [1.54, 1.807) is 4.31 Å². The van der Waals surface area contributed by atoms with Gasteiger partial charge in [0.25, 0.3) is 0 Å². The Morgan fingerprint density at radius 1 is 1.04 bits per heavy atom. The highest BCUT2D eigenvalue weighted by atomic mass is 32.2. The lowest BCUT2D eigenvalue weighted by Gasteiger charge is -2.41. The molecule has 2 aliphatic rings. The average molecular weight is 408 g/mol. The highest BCUT2D eigenvalue weighted by Gasteiger charge is 2.34. The van der Waals surface area contributed by atoms with Crippen molar-refractivity contribution in [1.82, 2.24) is 14.1 Å². The van der Waals surface area contributed by atoms with Crippen molar-refractivity contribution in [3.63, 3.8) is 0 Å². The van der Waals surface area contributed by atoms with E-state index in [2.05, 4.69) is 18.7 Å². The van der Waals surface area contributed by atoms with Gasteiger partial charge < -0.3 is 4.90 Å². The lowest BCUT2D eigenvalue weighted by Crippen LogP contribution is -2.57. The minimum Gasteiger partial charge on any atom is -0.341 e. The van der Waals surface area contributed by atoms with Crippen LogP contribution in [0.2, 0.25) is 0 Å². The summed E-state index contributed by atoms with van der Waals surface area (Å²) in [5, 5.41) is 0. The van der Waals surface area contributed by atoms with Gasteiger partial charge in [-0.05, 0) is 30.7 Å². The van der Waals surface area contributed by atoms with Gasteiger partial charge in [0.1, 0.15) is 0 Å². The molecule has 28 heavy (non-hydrogen) atoms. The van der Waals surface area contributed by atoms with Crippen molar-refractivity contribution in [1.29, 1.82) is 0 Å². The van der Waals surface area contributed by atoms with Crippen LogP contribution in [0.15, 0.2) is 30.3 Å². The van der Waals surface area contributed by atoms with Gasteiger partial charge in [0.05, 0.1) is 11.8 Å². The third-order valence-electron chi connectivity index (χ3n) is 5.94. The van der Waals surface area contributed by atoms with Crippen LogP contribution in [-0.2, 0) is 20.6 Å². The van der Waals surface area contributed by atoms with E-state index in [1.165, 1.54) is 6.42 Å². The van der Waals surface area contributed by atoms with Gasteiger partial charge in [-0.1, -0.05) is 44.2 Å². The van der Waals surface area contributed by atoms with Crippen LogP contribution in [0, 0.1) is 11.8 Å². The molecule has 0 saturated carbocycles. The van der Waals surface area contributed by atoms with Crippen LogP contribution < -0.4 is 0 Å². The van der Waals surface area contributed by atoms with E-state index in [1.807, 2.05) is 42.2 Å². The number of hydrogen-bond donors (Lipinski definition) is 0. The van der Waals surface area contributed by atoms with E-state index >= 15 is 0 Å². The van der Waals surface area contributed by atoms with E-state index in [-0.39, 0.29) is 17.7 Å². The van der Waals surface area contributed by atoms with Crippen molar-refractivity contribution in [3.8, 4) is 0 Å². The summed E-state index contributed by atoms with van der Waals surface area (Å²) < 4.78 is 27.0. The molecule has 0 radical (unpaired) electrons. The van der Waals surface area contributed by atoms with E-state index in [0.717, 1.165) is 18.7 Å². The second kappa shape index (κ2) is 8.93. The van der Waals surface area contributed by atoms with Gasteiger partial charge in [0.2, 0.25) is 15.9 Å². The Hall–Kier alpha value is -1.44. The van der Waals surface area contributed by atoms with Crippen molar-refractivity contribution in [3.05, 3.63) is 35.9 Å². The molecule has 0 bridgehead atoms. The minimum atomic E-state index is -3.33. The van der Waals surface area contributed by atoms with Crippen LogP contribution >= 0.6 is 0 Å². The van der Waals surface area contributed by atoms with E-state index in [0.29, 0.717) is 38.0 Å². The van der Waals surface area contributed by atoms with Gasteiger partial charge in [-0.15, -0.1) is 0 Å². The summed E-state index contributed by atoms with van der Waals surface area (Å²) in [6.07, 6.45) is 1.18. The number of likely N-dealkylation sites (tertiary alicyclic amines) is 1. The largest absolute Gasteiger partial charge is 0.341 e. The van der Waals surface area contributed by atoms with Crippen LogP contribution in [-0.4, -0.2) is 73.7 Å². The third-order valence-corrected chi connectivity index (χ3v) is 7.79. The minimum absolute atomic E-state index is 0.0336. The molecule has 0 N–H and O–H groups in total. The fourth-order valence-corrected chi connectivity index (χ4v) is 6.02. The summed E-state index contributed by atoms with van der Waals surface area (Å²) in [6.45, 7) is 10.1. The lowest BCUT2D eigenvalue weighted by molar-refractivity contribution is -0.139. The van der Waals surface area contributed by atoms with Crippen LogP contribution in [0.3, 0.4) is 0 Å². The van der Waals surface area contributed by atoms with Gasteiger partial charge in [-0.2, -0.15) is 4.31 Å². The Morgan fingerprint density at radius 2 is 1.61 bits per heavy atom. The quantitative estimate of drug-likeness (QED) is 0.749. The standard InChI is InChI=1S/C21H33N3O3S/c1-17-13-18(2)15-23(14-17)21(25)19(3)22-9-11-24(12-10-22)28(26,27)16-20-7-5-4-6-8-20/h4-8,17-19H,9-16H2,1-3H3. The highest BCUT2D eigenvalue weighted by molar-refractivity contribution is 7.88. The smallest absolute Gasteiger partial charge is 0.239 e. The number of nitrogens with zero attached hydrogens (tertiary/aromatic N) is 3. The fourth-order valence-electron chi connectivity index (χ4n) is 4.51. The van der Waals surface area contributed by atoms with Crippen molar-refractivity contribution in [2.75, 3.05) is 39.3 Å². The second-order valence-corrected chi connectivity index (χ2v) is 10.5. The maximum absolute atomic E-state index is 13.0. The SMILES string of the molecule is CC1CC(C)CN(C(=O)C(C)N2CCN(S(=O)(=O)Cc3ccccc3)CC2)C1. The number of benzene rings is 1. The zero-order valence-electron chi connectivity index (χ0n) is 17.3. The molecule has 2 fully saturated rings. The molecule has 3 atom stereocenters. The van der Waals surface area contributed by atoms with Crippen molar-refractivity contribution < 1.29 is 13.2 Å². The summed E-state index contributed by atoms with van der Waals surface area (Å²) in [5.74, 6) is 1.30. The molecule has 3 unspecified atom stereocenters. The third kappa shape index (κ3) is 5.13. The molecule has 3 rings (SSSR count). The van der Waals surface area contributed by atoms with Gasteiger partial charge >= 0.3 is 0 Å². The lowest BCUT2D eigenvalue weighted by atomic mass is 9.91. The van der Waals surface area contributed by atoms with Gasteiger partial charge in [0.15, 0.2) is 0 Å². The van der Waals surface area contributed by atoms with Gasteiger partial charge in [-0.3, -0.25) is 9.69 Å². The highest BCUT2D eigenvalue weighted by Crippen LogP contribution is 2.23. The Balaban J connectivity index is 1.55. The fraction of sp³-hybridized carbons (Fsp3) is 0.667. The molecule has 1 amide bonds. The molecule has 6 nitrogen and oxygen atoms in total. The van der Waals surface area contributed by atoms with Crippen LogP contribution in [0.25, 0.3) is 0 Å². The first kappa shape index (κ1) is 21.3. The molecule has 156 valence electrons. The number of amides is 1. The number of carbonyl (C=O) groups is 1. The first-order valence-electron chi connectivity index (χ1n) is 10.3.